The van der Waals surface area contributed by atoms with Crippen molar-refractivity contribution in [2.45, 2.75) is 13.8 Å². The number of ketones is 1. The van der Waals surface area contributed by atoms with E-state index in [9.17, 15) is 4.79 Å². The molecule has 0 aliphatic heterocycles. The molecule has 0 heterocycles. The highest BCUT2D eigenvalue weighted by atomic mass is 16.3. The minimum absolute atomic E-state index is 0.123. The maximum Gasteiger partial charge on any atom is 0.169 e. The number of rotatable bonds is 4. The molecule has 0 atom stereocenters. The molecular formula is C10H14O2. The van der Waals surface area contributed by atoms with Gasteiger partial charge >= 0.3 is 0 Å². The molecule has 0 fully saturated rings. The topological polar surface area (TPSA) is 37.3 Å². The molecule has 0 aliphatic carbocycles. The number of hydrogen-bond acceptors (Lipinski definition) is 2. The Morgan fingerprint density at radius 3 is 2.25 bits per heavy atom. The van der Waals surface area contributed by atoms with Crippen molar-refractivity contribution in [1.82, 2.24) is 0 Å². The first-order valence-electron chi connectivity index (χ1n) is 3.75. The zero-order chi connectivity index (χ0) is 9.72. The lowest BCUT2D eigenvalue weighted by atomic mass is 10.00. The van der Waals surface area contributed by atoms with Gasteiger partial charge in [-0.25, -0.2) is 0 Å². The first kappa shape index (κ1) is 10.7. The Kier molecular flexibility index (Phi) is 4.05. The zero-order valence-corrected chi connectivity index (χ0v) is 7.50. The summed E-state index contributed by atoms with van der Waals surface area (Å²) in [7, 11) is 0. The zero-order valence-electron chi connectivity index (χ0n) is 7.50. The third-order valence-corrected chi connectivity index (χ3v) is 1.39. The average molecular weight is 166 g/mol. The van der Waals surface area contributed by atoms with E-state index in [0.29, 0.717) is 0 Å². The number of carbonyl (C=O) groups is 1. The van der Waals surface area contributed by atoms with E-state index in [0.717, 1.165) is 0 Å². The second-order valence-corrected chi connectivity index (χ2v) is 2.78. The molecule has 0 aliphatic rings. The second-order valence-electron chi connectivity index (χ2n) is 2.78. The van der Waals surface area contributed by atoms with Crippen LogP contribution in [0.2, 0.25) is 0 Å². The molecule has 12 heavy (non-hydrogen) atoms. The van der Waals surface area contributed by atoms with Gasteiger partial charge in [0.25, 0.3) is 0 Å². The maximum atomic E-state index is 11.3. The lowest BCUT2D eigenvalue weighted by molar-refractivity contribution is -0.118. The number of aliphatic hydroxyl groups is 1. The van der Waals surface area contributed by atoms with Gasteiger partial charge in [-0.05, 0) is 6.08 Å². The first-order chi connectivity index (χ1) is 5.50. The van der Waals surface area contributed by atoms with Gasteiger partial charge in [0.2, 0.25) is 0 Å². The molecule has 0 aromatic heterocycles. The van der Waals surface area contributed by atoms with Crippen molar-refractivity contribution in [3.63, 3.8) is 0 Å². The van der Waals surface area contributed by atoms with E-state index in [1.165, 1.54) is 12.2 Å². The molecule has 0 radical (unpaired) electrons. The highest BCUT2D eigenvalue weighted by molar-refractivity contribution is 6.00. The van der Waals surface area contributed by atoms with Crippen molar-refractivity contribution < 1.29 is 9.90 Å². The third-order valence-electron chi connectivity index (χ3n) is 1.39. The van der Waals surface area contributed by atoms with E-state index in [-0.39, 0.29) is 23.0 Å². The first-order valence-corrected chi connectivity index (χ1v) is 3.75. The molecule has 0 saturated carbocycles. The molecule has 0 amide bonds. The molecule has 0 rings (SSSR count). The van der Waals surface area contributed by atoms with Gasteiger partial charge in [-0.15, -0.1) is 0 Å². The smallest absolute Gasteiger partial charge is 0.169 e. The Morgan fingerprint density at radius 2 is 2.00 bits per heavy atom. The van der Waals surface area contributed by atoms with Crippen LogP contribution in [0.25, 0.3) is 0 Å². The van der Waals surface area contributed by atoms with Crippen LogP contribution < -0.4 is 0 Å². The van der Waals surface area contributed by atoms with E-state index in [1.54, 1.807) is 13.8 Å². The van der Waals surface area contributed by atoms with Gasteiger partial charge in [-0.2, -0.15) is 0 Å². The van der Waals surface area contributed by atoms with E-state index in [4.69, 9.17) is 5.11 Å². The van der Waals surface area contributed by atoms with Crippen molar-refractivity contribution >= 4 is 5.78 Å². The lowest BCUT2D eigenvalue weighted by Gasteiger charge is -2.06. The standard InChI is InChI=1S/C10H14O2/c1-5-6-9(8(4)11)10(12)7(2)3/h5-7,11H,1,4H2,2-3H3/b9-6+. The van der Waals surface area contributed by atoms with Crippen LogP contribution in [-0.4, -0.2) is 10.9 Å². The predicted octanol–water partition coefficient (Wildman–Crippen LogP) is 2.40. The fourth-order valence-corrected chi connectivity index (χ4v) is 0.749. The molecule has 0 unspecified atom stereocenters. The predicted molar refractivity (Wildman–Crippen MR) is 49.9 cm³/mol. The van der Waals surface area contributed by atoms with E-state index < -0.39 is 0 Å². The van der Waals surface area contributed by atoms with Crippen LogP contribution in [0.4, 0.5) is 0 Å². The molecule has 66 valence electrons. The minimum atomic E-state index is -0.200. The summed E-state index contributed by atoms with van der Waals surface area (Å²) >= 11 is 0. The Morgan fingerprint density at radius 1 is 1.50 bits per heavy atom. The average Bonchev–Trinajstić information content (AvgIpc) is 1.98. The van der Waals surface area contributed by atoms with Crippen molar-refractivity contribution in [3.05, 3.63) is 36.6 Å². The number of aliphatic hydroxyl groups excluding tert-OH is 1. The largest absolute Gasteiger partial charge is 0.508 e. The maximum absolute atomic E-state index is 11.3. The number of hydrogen-bond donors (Lipinski definition) is 1. The van der Waals surface area contributed by atoms with Crippen LogP contribution in [0, 0.1) is 5.92 Å². The third kappa shape index (κ3) is 2.74. The monoisotopic (exact) mass is 166 g/mol. The Labute approximate surface area is 72.9 Å². The summed E-state index contributed by atoms with van der Waals surface area (Å²) in [6.45, 7) is 10.3. The number of Topliss-reactive ketones (excluding diaryl/α,β-unsaturated/α-hetero) is 1. The van der Waals surface area contributed by atoms with Gasteiger partial charge in [-0.1, -0.05) is 33.1 Å². The van der Waals surface area contributed by atoms with Crippen LogP contribution in [0.5, 0.6) is 0 Å². The summed E-state index contributed by atoms with van der Waals surface area (Å²) < 4.78 is 0. The van der Waals surface area contributed by atoms with Crippen LogP contribution >= 0.6 is 0 Å². The Balaban J connectivity index is 4.76. The van der Waals surface area contributed by atoms with Gasteiger partial charge in [0, 0.05) is 5.92 Å². The molecule has 0 saturated heterocycles. The quantitative estimate of drug-likeness (QED) is 0.395. The molecule has 2 heteroatoms. The molecule has 1 N–H and O–H groups in total. The van der Waals surface area contributed by atoms with Crippen LogP contribution in [0.3, 0.4) is 0 Å². The van der Waals surface area contributed by atoms with Crippen molar-refractivity contribution in [2.24, 2.45) is 5.92 Å². The fourth-order valence-electron chi connectivity index (χ4n) is 0.749. The number of allylic oxidation sites excluding steroid dienone is 3. The highest BCUT2D eigenvalue weighted by Gasteiger charge is 2.14. The van der Waals surface area contributed by atoms with Gasteiger partial charge in [0.05, 0.1) is 5.57 Å². The summed E-state index contributed by atoms with van der Waals surface area (Å²) in [6, 6.07) is 0. The van der Waals surface area contributed by atoms with Crippen LogP contribution in [0.1, 0.15) is 13.8 Å². The molecule has 2 nitrogen and oxygen atoms in total. The van der Waals surface area contributed by atoms with E-state index >= 15 is 0 Å². The van der Waals surface area contributed by atoms with E-state index in [2.05, 4.69) is 13.2 Å². The van der Waals surface area contributed by atoms with Crippen LogP contribution in [0.15, 0.2) is 36.6 Å². The normalized spacial score (nSPS) is 11.4. The van der Waals surface area contributed by atoms with E-state index in [1.807, 2.05) is 0 Å². The highest BCUT2D eigenvalue weighted by Crippen LogP contribution is 2.11. The summed E-state index contributed by atoms with van der Waals surface area (Å²) in [5.41, 5.74) is 0.236. The minimum Gasteiger partial charge on any atom is -0.508 e. The molecule has 0 spiro atoms. The Hall–Kier alpha value is -1.31. The summed E-state index contributed by atoms with van der Waals surface area (Å²) in [5.74, 6) is -0.462. The molecular weight excluding hydrogens is 152 g/mol. The van der Waals surface area contributed by atoms with Gasteiger partial charge in [0.1, 0.15) is 5.76 Å². The number of carbonyl (C=O) groups excluding carboxylic acids is 1. The van der Waals surface area contributed by atoms with Crippen molar-refractivity contribution in [1.29, 1.82) is 0 Å². The second kappa shape index (κ2) is 4.54. The van der Waals surface area contributed by atoms with Crippen LogP contribution in [-0.2, 0) is 4.79 Å². The Bertz CT molecular complexity index is 234. The molecule has 0 aromatic rings. The van der Waals surface area contributed by atoms with Gasteiger partial charge < -0.3 is 5.11 Å². The van der Waals surface area contributed by atoms with Gasteiger partial charge in [-0.3, -0.25) is 4.79 Å². The fraction of sp³-hybridized carbons (Fsp3) is 0.300. The molecule has 0 bridgehead atoms. The lowest BCUT2D eigenvalue weighted by Crippen LogP contribution is -2.11. The van der Waals surface area contributed by atoms with Gasteiger partial charge in [0.15, 0.2) is 5.78 Å². The summed E-state index contributed by atoms with van der Waals surface area (Å²) in [6.07, 6.45) is 2.92. The van der Waals surface area contributed by atoms with Crippen molar-refractivity contribution in [3.8, 4) is 0 Å². The molecule has 0 aromatic carbocycles. The summed E-state index contributed by atoms with van der Waals surface area (Å²) in [4.78, 5) is 11.3. The summed E-state index contributed by atoms with van der Waals surface area (Å²) in [5, 5.41) is 9.03. The van der Waals surface area contributed by atoms with Crippen molar-refractivity contribution in [2.75, 3.05) is 0 Å². The SMILES string of the molecule is C=C/C=C(\C(=C)O)C(=O)C(C)C.